The van der Waals surface area contributed by atoms with E-state index in [0.29, 0.717) is 17.1 Å². The summed E-state index contributed by atoms with van der Waals surface area (Å²) in [4.78, 5) is 24.9. The maximum Gasteiger partial charge on any atom is 0.414 e. The van der Waals surface area contributed by atoms with Crippen LogP contribution in [-0.4, -0.2) is 50.0 Å². The van der Waals surface area contributed by atoms with Crippen LogP contribution in [0.15, 0.2) is 18.2 Å². The van der Waals surface area contributed by atoms with Gasteiger partial charge in [-0.1, -0.05) is 6.92 Å². The van der Waals surface area contributed by atoms with Crippen LogP contribution < -0.4 is 15.0 Å². The number of carbonyl (C=O) groups is 2. The molecule has 0 spiro atoms. The number of fused-ring (bicyclic) bond motifs is 1. The second kappa shape index (κ2) is 6.52. The third-order valence-corrected chi connectivity index (χ3v) is 4.91. The van der Waals surface area contributed by atoms with Crippen LogP contribution in [0.4, 0.5) is 16.2 Å². The van der Waals surface area contributed by atoms with E-state index in [-0.39, 0.29) is 25.5 Å². The third-order valence-electron chi connectivity index (χ3n) is 4.06. The highest BCUT2D eigenvalue weighted by Gasteiger charge is 2.38. The molecular weight excluding hydrogens is 352 g/mol. The molecular formula is C15H17N2O7S. The fourth-order valence-corrected chi connectivity index (χ4v) is 3.75. The number of rotatable bonds is 5. The Morgan fingerprint density at radius 3 is 2.84 bits per heavy atom. The lowest BCUT2D eigenvalue weighted by Gasteiger charge is -2.21. The topological polar surface area (TPSA) is 122 Å². The van der Waals surface area contributed by atoms with E-state index in [0.717, 1.165) is 0 Å². The second-order valence-corrected chi connectivity index (χ2v) is 7.34. The van der Waals surface area contributed by atoms with E-state index >= 15 is 0 Å². The molecule has 25 heavy (non-hydrogen) atoms. The Labute approximate surface area is 144 Å². The SMILES string of the molecule is [CH2]CC(CS(=O)(=O)O)[C@@H]1CN(c2ccc3c(c2)NC(=O)CO3)C(=O)O1. The molecule has 3 rings (SSSR count). The van der Waals surface area contributed by atoms with Gasteiger partial charge in [0.25, 0.3) is 16.0 Å². The van der Waals surface area contributed by atoms with Gasteiger partial charge >= 0.3 is 6.09 Å². The molecule has 1 fully saturated rings. The zero-order chi connectivity index (χ0) is 18.2. The highest BCUT2D eigenvalue weighted by molar-refractivity contribution is 7.85. The number of anilines is 2. The van der Waals surface area contributed by atoms with Crippen LogP contribution in [0.5, 0.6) is 5.75 Å². The minimum atomic E-state index is -4.20. The molecule has 135 valence electrons. The van der Waals surface area contributed by atoms with E-state index in [1.807, 2.05) is 0 Å². The number of hydrogen-bond donors (Lipinski definition) is 2. The quantitative estimate of drug-likeness (QED) is 0.744. The Bertz CT molecular complexity index is 808. The number of benzene rings is 1. The molecule has 0 bridgehead atoms. The third kappa shape index (κ3) is 3.85. The molecule has 1 aromatic carbocycles. The molecule has 2 N–H and O–H groups in total. The summed E-state index contributed by atoms with van der Waals surface area (Å²) >= 11 is 0. The van der Waals surface area contributed by atoms with Gasteiger partial charge in [-0.2, -0.15) is 8.42 Å². The van der Waals surface area contributed by atoms with Crippen molar-refractivity contribution in [3.05, 3.63) is 25.1 Å². The molecule has 1 radical (unpaired) electrons. The standard InChI is InChI=1S/C15H17N2O7S/c1-2-9(8-25(20,21)22)13-6-17(15(19)24-13)10-3-4-12-11(5-10)16-14(18)7-23-12/h3-5,9,13H,1-2,6-8H2,(H,16,18)(H,20,21,22)/t9?,13-/m0/s1. The summed E-state index contributed by atoms with van der Waals surface area (Å²) in [7, 11) is -4.20. The van der Waals surface area contributed by atoms with Crippen LogP contribution in [0.2, 0.25) is 0 Å². The minimum Gasteiger partial charge on any atom is -0.482 e. The predicted octanol–water partition coefficient (Wildman–Crippen LogP) is 1.07. The molecule has 0 aliphatic carbocycles. The first-order valence-corrected chi connectivity index (χ1v) is 9.17. The largest absolute Gasteiger partial charge is 0.482 e. The van der Waals surface area contributed by atoms with E-state index in [9.17, 15) is 18.0 Å². The Morgan fingerprint density at radius 1 is 1.40 bits per heavy atom. The van der Waals surface area contributed by atoms with Gasteiger partial charge in [-0.25, -0.2) is 4.79 Å². The molecule has 1 unspecified atom stereocenters. The van der Waals surface area contributed by atoms with Gasteiger partial charge in [-0.05, 0) is 24.6 Å². The zero-order valence-electron chi connectivity index (χ0n) is 13.2. The van der Waals surface area contributed by atoms with E-state index < -0.39 is 34.0 Å². The second-order valence-electron chi connectivity index (χ2n) is 5.85. The van der Waals surface area contributed by atoms with Crippen LogP contribution in [0.25, 0.3) is 0 Å². The highest BCUT2D eigenvalue weighted by Crippen LogP contribution is 2.34. The van der Waals surface area contributed by atoms with Gasteiger partial charge < -0.3 is 14.8 Å². The van der Waals surface area contributed by atoms with Gasteiger partial charge in [0, 0.05) is 11.6 Å². The van der Waals surface area contributed by atoms with Crippen LogP contribution >= 0.6 is 0 Å². The van der Waals surface area contributed by atoms with Crippen molar-refractivity contribution in [2.75, 3.05) is 29.1 Å². The molecule has 1 aromatic rings. The first-order chi connectivity index (χ1) is 11.8. The van der Waals surface area contributed by atoms with Crippen molar-refractivity contribution in [2.45, 2.75) is 12.5 Å². The van der Waals surface area contributed by atoms with Crippen molar-refractivity contribution in [3.63, 3.8) is 0 Å². The lowest BCUT2D eigenvalue weighted by Crippen LogP contribution is -2.31. The van der Waals surface area contributed by atoms with Crippen LogP contribution in [0, 0.1) is 12.8 Å². The molecule has 0 saturated carbocycles. The maximum absolute atomic E-state index is 12.2. The summed E-state index contributed by atoms with van der Waals surface area (Å²) in [6.07, 6.45) is -1.17. The minimum absolute atomic E-state index is 0.0685. The molecule has 10 heteroatoms. The molecule has 2 atom stereocenters. The number of nitrogens with one attached hydrogen (secondary N) is 1. The number of ether oxygens (including phenoxy) is 2. The summed E-state index contributed by atoms with van der Waals surface area (Å²) in [5, 5.41) is 2.65. The fraction of sp³-hybridized carbons (Fsp3) is 0.400. The van der Waals surface area contributed by atoms with Crippen molar-refractivity contribution < 1.29 is 32.0 Å². The van der Waals surface area contributed by atoms with Gasteiger partial charge in [-0.3, -0.25) is 14.2 Å². The average molecular weight is 369 g/mol. The van der Waals surface area contributed by atoms with E-state index in [1.54, 1.807) is 18.2 Å². The van der Waals surface area contributed by atoms with Gasteiger partial charge in [0.2, 0.25) is 0 Å². The van der Waals surface area contributed by atoms with Crippen molar-refractivity contribution in [1.29, 1.82) is 0 Å². The van der Waals surface area contributed by atoms with Crippen LogP contribution in [0.3, 0.4) is 0 Å². The van der Waals surface area contributed by atoms with Crippen molar-refractivity contribution in [3.8, 4) is 5.75 Å². The van der Waals surface area contributed by atoms with Crippen LogP contribution in [0.1, 0.15) is 6.42 Å². The Balaban J connectivity index is 1.79. The molecule has 9 nitrogen and oxygen atoms in total. The summed E-state index contributed by atoms with van der Waals surface area (Å²) in [6.45, 7) is 3.70. The van der Waals surface area contributed by atoms with Crippen LogP contribution in [-0.2, 0) is 19.6 Å². The summed E-state index contributed by atoms with van der Waals surface area (Å²) in [5.41, 5.74) is 0.920. The molecule has 2 aliphatic rings. The van der Waals surface area contributed by atoms with E-state index in [4.69, 9.17) is 14.0 Å². The maximum atomic E-state index is 12.2. The Morgan fingerprint density at radius 2 is 2.16 bits per heavy atom. The van der Waals surface area contributed by atoms with Gasteiger partial charge in [0.05, 0.1) is 18.0 Å². The molecule has 2 amide bonds. The predicted molar refractivity (Wildman–Crippen MR) is 88.1 cm³/mol. The number of carbonyl (C=O) groups excluding carboxylic acids is 2. The van der Waals surface area contributed by atoms with E-state index in [1.165, 1.54) is 4.90 Å². The summed E-state index contributed by atoms with van der Waals surface area (Å²) in [5.74, 6) is -0.952. The Hall–Kier alpha value is -2.33. The summed E-state index contributed by atoms with van der Waals surface area (Å²) in [6, 6.07) is 4.85. The van der Waals surface area contributed by atoms with E-state index in [2.05, 4.69) is 12.2 Å². The monoisotopic (exact) mass is 369 g/mol. The lowest BCUT2D eigenvalue weighted by atomic mass is 10.0. The first kappa shape index (κ1) is 17.5. The zero-order valence-corrected chi connectivity index (χ0v) is 14.0. The van der Waals surface area contributed by atoms with Crippen molar-refractivity contribution >= 4 is 33.5 Å². The first-order valence-electron chi connectivity index (χ1n) is 7.56. The van der Waals surface area contributed by atoms with Gasteiger partial charge in [0.1, 0.15) is 11.9 Å². The van der Waals surface area contributed by atoms with Gasteiger partial charge in [-0.15, -0.1) is 0 Å². The Kier molecular flexibility index (Phi) is 4.56. The number of nitrogens with zero attached hydrogens (tertiary/aromatic N) is 1. The fourth-order valence-electron chi connectivity index (χ4n) is 2.83. The van der Waals surface area contributed by atoms with Crippen molar-refractivity contribution in [1.82, 2.24) is 0 Å². The summed E-state index contributed by atoms with van der Waals surface area (Å²) < 4.78 is 41.7. The van der Waals surface area contributed by atoms with Gasteiger partial charge in [0.15, 0.2) is 6.61 Å². The number of hydrogen-bond acceptors (Lipinski definition) is 6. The normalized spacial score (nSPS) is 21.2. The molecule has 1 saturated heterocycles. The smallest absolute Gasteiger partial charge is 0.414 e. The van der Waals surface area contributed by atoms with Crippen molar-refractivity contribution in [2.24, 2.45) is 5.92 Å². The number of cyclic esters (lactones) is 1. The number of amides is 2. The molecule has 2 aliphatic heterocycles. The highest BCUT2D eigenvalue weighted by atomic mass is 32.2. The average Bonchev–Trinajstić information content (AvgIpc) is 2.92. The molecule has 0 aromatic heterocycles. The lowest BCUT2D eigenvalue weighted by molar-refractivity contribution is -0.118. The molecule has 2 heterocycles.